The van der Waals surface area contributed by atoms with Gasteiger partial charge >= 0.3 is 25.7 Å². The minimum atomic E-state index is -5.55. The number of carboxylic acid groups (broad SMARTS) is 2. The zero-order chi connectivity index (χ0) is 29.9. The summed E-state index contributed by atoms with van der Waals surface area (Å²) < 4.78 is 36.7. The highest BCUT2D eigenvalue weighted by Gasteiger charge is 2.62. The molecule has 0 aromatic carbocycles. The fraction of sp³-hybridized carbons (Fsp3) is 0.833. The number of hydrogen-bond acceptors (Lipinski definition) is 16. The van der Waals surface area contributed by atoms with Crippen LogP contribution in [0.3, 0.4) is 0 Å². The van der Waals surface area contributed by atoms with E-state index in [1.807, 2.05) is 0 Å². The van der Waals surface area contributed by atoms with Gasteiger partial charge in [0.1, 0.15) is 43.2 Å². The van der Waals surface area contributed by atoms with E-state index >= 15 is 0 Å². The molecule has 2 aliphatic rings. The van der Waals surface area contributed by atoms with E-state index in [0.717, 1.165) is 0 Å². The SMILES string of the molecule is O=C(O)CC(O)(CC(=O)OC[C@@]1(O[C@H]2O[C@H](CO)[C@@H](O)[C@H](O)[C@H]2O)O[C@H](CO)[C@@H](O)[C@@H]1OP(=O)(O)O)C(=O)O. The number of rotatable bonds is 13. The average Bonchev–Trinajstić information content (AvgIpc) is 3.07. The lowest BCUT2D eigenvalue weighted by Crippen LogP contribution is -2.63. The molecule has 2 heterocycles. The molecule has 2 rings (SSSR count). The number of carbonyl (C=O) groups is 3. The smallest absolute Gasteiger partial charge is 0.470 e. The topological polar surface area (TPSA) is 337 Å². The minimum absolute atomic E-state index is 0.949. The number of phosphoric ester groups is 1. The van der Waals surface area contributed by atoms with Crippen LogP contribution >= 0.6 is 7.82 Å². The Hall–Kier alpha value is -1.88. The Morgan fingerprint density at radius 2 is 1.49 bits per heavy atom. The summed E-state index contributed by atoms with van der Waals surface area (Å²) in [5, 5.41) is 87.7. The Morgan fingerprint density at radius 1 is 0.897 bits per heavy atom. The Balaban J connectivity index is 2.43. The molecule has 20 nitrogen and oxygen atoms in total. The third-order valence-electron chi connectivity index (χ3n) is 5.78. The summed E-state index contributed by atoms with van der Waals surface area (Å²) in [6.45, 7) is -3.41. The minimum Gasteiger partial charge on any atom is -0.481 e. The van der Waals surface area contributed by atoms with Gasteiger partial charge in [0.15, 0.2) is 18.0 Å². The molecule has 0 aliphatic carbocycles. The zero-order valence-electron chi connectivity index (χ0n) is 19.7. The summed E-state index contributed by atoms with van der Waals surface area (Å²) in [6, 6.07) is 0. The van der Waals surface area contributed by atoms with Crippen LogP contribution in [0.1, 0.15) is 12.8 Å². The molecule has 226 valence electrons. The van der Waals surface area contributed by atoms with Gasteiger partial charge < -0.3 is 74.7 Å². The summed E-state index contributed by atoms with van der Waals surface area (Å²) in [5.41, 5.74) is -3.17. The van der Waals surface area contributed by atoms with Crippen LogP contribution in [0.15, 0.2) is 0 Å². The van der Waals surface area contributed by atoms with Gasteiger partial charge in [0.2, 0.25) is 5.79 Å². The molecule has 0 amide bonds. The van der Waals surface area contributed by atoms with Gasteiger partial charge in [0, 0.05) is 0 Å². The summed E-state index contributed by atoms with van der Waals surface area (Å²) in [4.78, 5) is 53.3. The predicted octanol–water partition coefficient (Wildman–Crippen LogP) is -6.05. The quantitative estimate of drug-likeness (QED) is 0.0695. The van der Waals surface area contributed by atoms with E-state index in [-0.39, 0.29) is 0 Å². The molecule has 10 atom stereocenters. The maximum absolute atomic E-state index is 12.4. The third kappa shape index (κ3) is 7.86. The van der Waals surface area contributed by atoms with Crippen LogP contribution < -0.4 is 0 Å². The van der Waals surface area contributed by atoms with Crippen molar-refractivity contribution in [1.82, 2.24) is 0 Å². The lowest BCUT2D eigenvalue weighted by Gasteiger charge is -2.44. The Kier molecular flexibility index (Phi) is 10.9. The number of carbonyl (C=O) groups excluding carboxylic acids is 1. The molecule has 21 heteroatoms. The fourth-order valence-electron chi connectivity index (χ4n) is 3.83. The van der Waals surface area contributed by atoms with Crippen molar-refractivity contribution < 1.29 is 98.2 Å². The van der Waals surface area contributed by atoms with Gasteiger partial charge in [-0.25, -0.2) is 9.36 Å². The Bertz CT molecular complexity index is 938. The molecule has 2 fully saturated rings. The molecule has 2 saturated heterocycles. The second-order valence-corrected chi connectivity index (χ2v) is 9.91. The van der Waals surface area contributed by atoms with Crippen LogP contribution in [0.25, 0.3) is 0 Å². The van der Waals surface area contributed by atoms with E-state index in [1.54, 1.807) is 0 Å². The standard InChI is InChI=1S/C18H29O20P/c19-3-6-10(24)12(26)13(27)15(35-6)37-18(14(38-39(31,32)33)11(25)7(4-20)36-18)5-34-9(23)2-17(30,16(28)29)1-8(21)22/h6-7,10-15,19-20,24-27,30H,1-5H2,(H,21,22)(H,28,29)(H2,31,32,33)/t6-,7-,10-,11-,12+,13-,14+,15-,17?,18+/m1/s1. The number of ether oxygens (including phenoxy) is 4. The van der Waals surface area contributed by atoms with Gasteiger partial charge in [-0.1, -0.05) is 0 Å². The Morgan fingerprint density at radius 3 is 1.97 bits per heavy atom. The number of phosphoric acid groups is 1. The van der Waals surface area contributed by atoms with E-state index in [2.05, 4.69) is 4.52 Å². The summed E-state index contributed by atoms with van der Waals surface area (Å²) in [5.74, 6) is -8.49. The molecule has 0 spiro atoms. The molecule has 11 N–H and O–H groups in total. The summed E-state index contributed by atoms with van der Waals surface area (Å²) >= 11 is 0. The largest absolute Gasteiger partial charge is 0.481 e. The highest BCUT2D eigenvalue weighted by atomic mass is 31.2. The van der Waals surface area contributed by atoms with Crippen molar-refractivity contribution in [3.63, 3.8) is 0 Å². The van der Waals surface area contributed by atoms with E-state index < -0.39 is 119 Å². The van der Waals surface area contributed by atoms with Crippen molar-refractivity contribution in [1.29, 1.82) is 0 Å². The lowest BCUT2D eigenvalue weighted by atomic mass is 9.96. The molecule has 0 aromatic rings. The van der Waals surface area contributed by atoms with E-state index in [9.17, 15) is 64.5 Å². The van der Waals surface area contributed by atoms with Crippen LogP contribution in [0.2, 0.25) is 0 Å². The molecule has 0 bridgehead atoms. The van der Waals surface area contributed by atoms with E-state index in [1.165, 1.54) is 0 Å². The lowest BCUT2D eigenvalue weighted by molar-refractivity contribution is -0.382. The van der Waals surface area contributed by atoms with Crippen molar-refractivity contribution in [3.8, 4) is 0 Å². The predicted molar refractivity (Wildman–Crippen MR) is 113 cm³/mol. The maximum Gasteiger partial charge on any atom is 0.470 e. The number of aliphatic carboxylic acids is 2. The van der Waals surface area contributed by atoms with Crippen LogP contribution in [-0.4, -0.2) is 154 Å². The highest BCUT2D eigenvalue weighted by molar-refractivity contribution is 7.46. The molecule has 2 aliphatic heterocycles. The first-order chi connectivity index (χ1) is 17.9. The van der Waals surface area contributed by atoms with Crippen molar-refractivity contribution in [2.24, 2.45) is 0 Å². The van der Waals surface area contributed by atoms with Gasteiger partial charge in [-0.15, -0.1) is 0 Å². The molecule has 39 heavy (non-hydrogen) atoms. The average molecular weight is 596 g/mol. The normalized spacial score (nSPS) is 36.7. The monoisotopic (exact) mass is 596 g/mol. The molecular weight excluding hydrogens is 567 g/mol. The molecule has 1 unspecified atom stereocenters. The van der Waals surface area contributed by atoms with Crippen molar-refractivity contribution in [2.45, 2.75) is 73.2 Å². The molecular formula is C18H29O20P. The van der Waals surface area contributed by atoms with Crippen molar-refractivity contribution in [2.75, 3.05) is 19.8 Å². The van der Waals surface area contributed by atoms with Gasteiger partial charge in [-0.3, -0.25) is 14.1 Å². The molecule has 0 radical (unpaired) electrons. The van der Waals surface area contributed by atoms with E-state index in [4.69, 9.17) is 29.2 Å². The summed E-state index contributed by atoms with van der Waals surface area (Å²) in [7, 11) is -5.55. The number of aliphatic hydroxyl groups excluding tert-OH is 6. The van der Waals surface area contributed by atoms with Gasteiger partial charge in [0.25, 0.3) is 0 Å². The second-order valence-electron chi connectivity index (χ2n) is 8.72. The van der Waals surface area contributed by atoms with Crippen molar-refractivity contribution >= 4 is 25.7 Å². The van der Waals surface area contributed by atoms with Crippen LogP contribution in [-0.2, 0) is 42.4 Å². The van der Waals surface area contributed by atoms with Crippen molar-refractivity contribution in [3.05, 3.63) is 0 Å². The van der Waals surface area contributed by atoms with Gasteiger partial charge in [-0.2, -0.15) is 0 Å². The zero-order valence-corrected chi connectivity index (χ0v) is 20.6. The molecule has 0 saturated carbocycles. The maximum atomic E-state index is 12.4. The first-order valence-corrected chi connectivity index (χ1v) is 12.4. The van der Waals surface area contributed by atoms with E-state index in [0.29, 0.717) is 0 Å². The third-order valence-corrected chi connectivity index (χ3v) is 6.29. The number of hydrogen-bond donors (Lipinski definition) is 11. The van der Waals surface area contributed by atoms with Crippen LogP contribution in [0.4, 0.5) is 0 Å². The first kappa shape index (κ1) is 33.3. The van der Waals surface area contributed by atoms with Gasteiger partial charge in [0.05, 0.1) is 26.1 Å². The first-order valence-electron chi connectivity index (χ1n) is 10.9. The Labute approximate surface area is 217 Å². The number of carboxylic acids is 2. The van der Waals surface area contributed by atoms with Crippen LogP contribution in [0.5, 0.6) is 0 Å². The second kappa shape index (κ2) is 12.7. The summed E-state index contributed by atoms with van der Waals surface area (Å²) in [6.07, 6.45) is -19.1. The number of esters is 1. The van der Waals surface area contributed by atoms with Crippen LogP contribution in [0, 0.1) is 0 Å². The van der Waals surface area contributed by atoms with Gasteiger partial charge in [-0.05, 0) is 0 Å². The number of aliphatic hydroxyl groups is 7. The highest BCUT2D eigenvalue weighted by Crippen LogP contribution is 2.47. The molecule has 0 aromatic heterocycles. The fourth-order valence-corrected chi connectivity index (χ4v) is 4.41.